The highest BCUT2D eigenvalue weighted by Crippen LogP contribution is 2.13. The topological polar surface area (TPSA) is 3.24 Å². The largest absolute Gasteiger partial charge is 0.301 e. The van der Waals surface area contributed by atoms with E-state index in [1.807, 2.05) is 0 Å². The van der Waals surface area contributed by atoms with Crippen molar-refractivity contribution in [3.05, 3.63) is 11.6 Å². The lowest BCUT2D eigenvalue weighted by Crippen LogP contribution is -2.36. The fourth-order valence-electron chi connectivity index (χ4n) is 0.836. The van der Waals surface area contributed by atoms with Crippen molar-refractivity contribution in [2.45, 2.75) is 33.2 Å². The van der Waals surface area contributed by atoms with Crippen LogP contribution < -0.4 is 0 Å². The first-order chi connectivity index (χ1) is 4.36. The van der Waals surface area contributed by atoms with Crippen molar-refractivity contribution in [2.75, 3.05) is 14.1 Å². The lowest BCUT2D eigenvalue weighted by atomic mass is 10.0. The van der Waals surface area contributed by atoms with Gasteiger partial charge in [0.15, 0.2) is 0 Å². The van der Waals surface area contributed by atoms with E-state index >= 15 is 0 Å². The molecule has 0 aliphatic rings. The van der Waals surface area contributed by atoms with Crippen molar-refractivity contribution >= 4 is 0 Å². The van der Waals surface area contributed by atoms with Gasteiger partial charge in [0.2, 0.25) is 0 Å². The molecule has 0 aliphatic carbocycles. The summed E-state index contributed by atoms with van der Waals surface area (Å²) in [6.07, 6.45) is 2.27. The number of rotatable bonds is 2. The van der Waals surface area contributed by atoms with Gasteiger partial charge in [0.25, 0.3) is 0 Å². The summed E-state index contributed by atoms with van der Waals surface area (Å²) in [5.74, 6) is 0. The molecule has 0 fully saturated rings. The second-order valence-electron chi connectivity index (χ2n) is 3.77. The Hall–Kier alpha value is -0.300. The predicted octanol–water partition coefficient (Wildman–Crippen LogP) is 2.29. The Bertz CT molecular complexity index is 128. The lowest BCUT2D eigenvalue weighted by Gasteiger charge is -2.29. The van der Waals surface area contributed by atoms with E-state index in [1.54, 1.807) is 0 Å². The lowest BCUT2D eigenvalue weighted by molar-refractivity contribution is 0.251. The highest BCUT2D eigenvalue weighted by atomic mass is 15.1. The molecule has 0 aromatic carbocycles. The molecule has 0 rings (SSSR count). The SMILES string of the molecule is CC(C)=CC(C)(C)N(C)C. The average molecular weight is 141 g/mol. The number of allylic oxidation sites excluding steroid dienone is 1. The van der Waals surface area contributed by atoms with Gasteiger partial charge in [0.1, 0.15) is 0 Å². The predicted molar refractivity (Wildman–Crippen MR) is 47.2 cm³/mol. The Morgan fingerprint density at radius 2 is 1.60 bits per heavy atom. The second-order valence-corrected chi connectivity index (χ2v) is 3.77. The number of likely N-dealkylation sites (N-methyl/N-ethyl adjacent to an activating group) is 1. The molecule has 0 radical (unpaired) electrons. The quantitative estimate of drug-likeness (QED) is 0.533. The van der Waals surface area contributed by atoms with Crippen LogP contribution in [-0.4, -0.2) is 24.5 Å². The molecule has 0 spiro atoms. The zero-order valence-electron chi connectivity index (χ0n) is 8.02. The molecule has 60 valence electrons. The maximum Gasteiger partial charge on any atom is 0.0331 e. The molecule has 0 aromatic rings. The van der Waals surface area contributed by atoms with Gasteiger partial charge in [0.05, 0.1) is 0 Å². The minimum Gasteiger partial charge on any atom is -0.301 e. The van der Waals surface area contributed by atoms with Gasteiger partial charge in [-0.15, -0.1) is 0 Å². The monoisotopic (exact) mass is 141 g/mol. The van der Waals surface area contributed by atoms with Gasteiger partial charge in [0, 0.05) is 5.54 Å². The summed E-state index contributed by atoms with van der Waals surface area (Å²) in [4.78, 5) is 2.21. The van der Waals surface area contributed by atoms with Crippen molar-refractivity contribution in [3.63, 3.8) is 0 Å². The number of hydrogen-bond donors (Lipinski definition) is 0. The first-order valence-electron chi connectivity index (χ1n) is 3.70. The minimum absolute atomic E-state index is 0.193. The van der Waals surface area contributed by atoms with Gasteiger partial charge >= 0.3 is 0 Å². The van der Waals surface area contributed by atoms with Gasteiger partial charge in [-0.05, 0) is 41.8 Å². The third-order valence-electron chi connectivity index (χ3n) is 1.79. The summed E-state index contributed by atoms with van der Waals surface area (Å²) < 4.78 is 0. The molecule has 1 nitrogen and oxygen atoms in total. The van der Waals surface area contributed by atoms with Crippen molar-refractivity contribution in [1.82, 2.24) is 4.90 Å². The smallest absolute Gasteiger partial charge is 0.0331 e. The Morgan fingerprint density at radius 1 is 1.20 bits per heavy atom. The molecule has 0 N–H and O–H groups in total. The second kappa shape index (κ2) is 3.20. The summed E-state index contributed by atoms with van der Waals surface area (Å²) in [5, 5.41) is 0. The van der Waals surface area contributed by atoms with Crippen LogP contribution in [0.3, 0.4) is 0 Å². The molecule has 0 saturated heterocycles. The number of nitrogens with zero attached hydrogens (tertiary/aromatic N) is 1. The Morgan fingerprint density at radius 3 is 1.70 bits per heavy atom. The van der Waals surface area contributed by atoms with Crippen LogP contribution in [0.2, 0.25) is 0 Å². The van der Waals surface area contributed by atoms with Crippen LogP contribution in [0.15, 0.2) is 11.6 Å². The maximum absolute atomic E-state index is 2.27. The normalized spacial score (nSPS) is 11.9. The molecule has 0 heterocycles. The molecule has 0 unspecified atom stereocenters. The van der Waals surface area contributed by atoms with E-state index in [0.29, 0.717) is 0 Å². The Balaban J connectivity index is 4.27. The summed E-state index contributed by atoms with van der Waals surface area (Å²) in [6, 6.07) is 0. The zero-order valence-corrected chi connectivity index (χ0v) is 8.02. The molecule has 0 atom stereocenters. The maximum atomic E-state index is 2.27. The van der Waals surface area contributed by atoms with Crippen LogP contribution in [0.5, 0.6) is 0 Å². The van der Waals surface area contributed by atoms with Gasteiger partial charge in [-0.25, -0.2) is 0 Å². The highest BCUT2D eigenvalue weighted by molar-refractivity contribution is 5.06. The van der Waals surface area contributed by atoms with Crippen molar-refractivity contribution in [3.8, 4) is 0 Å². The van der Waals surface area contributed by atoms with Gasteiger partial charge in [-0.2, -0.15) is 0 Å². The Kier molecular flexibility index (Phi) is 3.10. The van der Waals surface area contributed by atoms with Crippen LogP contribution >= 0.6 is 0 Å². The first kappa shape index (κ1) is 9.70. The zero-order chi connectivity index (χ0) is 8.36. The molecule has 0 aromatic heterocycles. The van der Waals surface area contributed by atoms with Crippen molar-refractivity contribution < 1.29 is 0 Å². The third-order valence-corrected chi connectivity index (χ3v) is 1.79. The minimum atomic E-state index is 0.193. The number of hydrogen-bond acceptors (Lipinski definition) is 1. The average Bonchev–Trinajstić information content (AvgIpc) is 1.60. The first-order valence-corrected chi connectivity index (χ1v) is 3.70. The third kappa shape index (κ3) is 3.02. The molecule has 1 heteroatoms. The summed E-state index contributed by atoms with van der Waals surface area (Å²) in [6.45, 7) is 8.68. The van der Waals surface area contributed by atoms with E-state index in [2.05, 4.69) is 52.8 Å². The van der Waals surface area contributed by atoms with E-state index in [1.165, 1.54) is 5.57 Å². The molecule has 0 saturated carbocycles. The molecular weight excluding hydrogens is 122 g/mol. The van der Waals surface area contributed by atoms with Gasteiger partial charge in [-0.3, -0.25) is 0 Å². The van der Waals surface area contributed by atoms with E-state index in [4.69, 9.17) is 0 Å². The summed E-state index contributed by atoms with van der Waals surface area (Å²) in [7, 11) is 4.19. The molecule has 10 heavy (non-hydrogen) atoms. The highest BCUT2D eigenvalue weighted by Gasteiger charge is 2.15. The van der Waals surface area contributed by atoms with Crippen LogP contribution in [0.4, 0.5) is 0 Å². The van der Waals surface area contributed by atoms with Gasteiger partial charge < -0.3 is 4.90 Å². The van der Waals surface area contributed by atoms with Crippen molar-refractivity contribution in [1.29, 1.82) is 0 Å². The molecule has 0 amide bonds. The van der Waals surface area contributed by atoms with Crippen LogP contribution in [-0.2, 0) is 0 Å². The van der Waals surface area contributed by atoms with E-state index in [9.17, 15) is 0 Å². The van der Waals surface area contributed by atoms with E-state index in [0.717, 1.165) is 0 Å². The van der Waals surface area contributed by atoms with Crippen LogP contribution in [0, 0.1) is 0 Å². The van der Waals surface area contributed by atoms with Crippen LogP contribution in [0.1, 0.15) is 27.7 Å². The van der Waals surface area contributed by atoms with E-state index < -0.39 is 0 Å². The summed E-state index contributed by atoms with van der Waals surface area (Å²) >= 11 is 0. The standard InChI is InChI=1S/C9H19N/c1-8(2)7-9(3,4)10(5)6/h7H,1-6H3. The molecule has 0 bridgehead atoms. The Labute approximate surface area is 64.7 Å². The summed E-state index contributed by atoms with van der Waals surface area (Å²) in [5.41, 5.74) is 1.57. The van der Waals surface area contributed by atoms with E-state index in [-0.39, 0.29) is 5.54 Å². The van der Waals surface area contributed by atoms with Crippen LogP contribution in [0.25, 0.3) is 0 Å². The fourth-order valence-corrected chi connectivity index (χ4v) is 0.836. The van der Waals surface area contributed by atoms with Gasteiger partial charge in [-0.1, -0.05) is 11.6 Å². The fraction of sp³-hybridized carbons (Fsp3) is 0.778. The molecular formula is C9H19N. The van der Waals surface area contributed by atoms with Crippen molar-refractivity contribution in [2.24, 2.45) is 0 Å². The molecule has 0 aliphatic heterocycles.